The highest BCUT2D eigenvalue weighted by atomic mass is 32.2. The third kappa shape index (κ3) is 8.63. The Bertz CT molecular complexity index is 325. The van der Waals surface area contributed by atoms with Crippen LogP contribution < -0.4 is 0 Å². The summed E-state index contributed by atoms with van der Waals surface area (Å²) in [5, 5.41) is 17.1. The largest absolute Gasteiger partial charge is 0.479 e. The third-order valence-electron chi connectivity index (χ3n) is 1.77. The van der Waals surface area contributed by atoms with Gasteiger partial charge in [-0.15, -0.1) is 0 Å². The molecule has 0 radical (unpaired) electrons. The first-order chi connectivity index (χ1) is 8.47. The van der Waals surface area contributed by atoms with E-state index in [2.05, 4.69) is 4.74 Å². The van der Waals surface area contributed by atoms with E-state index < -0.39 is 24.0 Å². The molecule has 0 aliphatic carbocycles. The summed E-state index contributed by atoms with van der Waals surface area (Å²) in [6.45, 7) is 2.01. The van der Waals surface area contributed by atoms with Gasteiger partial charge in [0.1, 0.15) is 0 Å². The first kappa shape index (κ1) is 16.5. The second-order valence-corrected chi connectivity index (χ2v) is 4.56. The highest BCUT2D eigenvalue weighted by molar-refractivity contribution is 7.99. The van der Waals surface area contributed by atoms with Crippen molar-refractivity contribution in [1.82, 2.24) is 0 Å². The van der Waals surface area contributed by atoms with Crippen molar-refractivity contribution in [2.24, 2.45) is 0 Å². The van der Waals surface area contributed by atoms with E-state index in [0.29, 0.717) is 17.9 Å². The predicted octanol–water partition coefficient (Wildman–Crippen LogP) is 1.16. The molecule has 0 aromatic heterocycles. The molecule has 0 saturated carbocycles. The highest BCUT2D eigenvalue weighted by Gasteiger charge is 2.20. The maximum absolute atomic E-state index is 11.1. The summed E-state index contributed by atoms with van der Waals surface area (Å²) in [7, 11) is 0. The Morgan fingerprint density at radius 3 is 2.39 bits per heavy atom. The van der Waals surface area contributed by atoms with Crippen molar-refractivity contribution in [2.75, 3.05) is 11.5 Å². The van der Waals surface area contributed by atoms with Crippen molar-refractivity contribution in [3.63, 3.8) is 0 Å². The summed E-state index contributed by atoms with van der Waals surface area (Å²) < 4.78 is 4.64. The first-order valence-corrected chi connectivity index (χ1v) is 6.55. The number of carbonyl (C=O) groups is 3. The fourth-order valence-corrected chi connectivity index (χ4v) is 1.86. The second-order valence-electron chi connectivity index (χ2n) is 3.34. The molecule has 0 aromatic rings. The topological polar surface area (TPSA) is 101 Å². The van der Waals surface area contributed by atoms with E-state index in [1.165, 1.54) is 0 Å². The molecule has 0 amide bonds. The summed E-state index contributed by atoms with van der Waals surface area (Å²) in [5.74, 6) is -2.01. The van der Waals surface area contributed by atoms with Crippen molar-refractivity contribution in [2.45, 2.75) is 25.9 Å². The van der Waals surface area contributed by atoms with E-state index in [-0.39, 0.29) is 6.42 Å². The number of carbonyl (C=O) groups excluding carboxylic acids is 1. The van der Waals surface area contributed by atoms with Crippen LogP contribution in [0.5, 0.6) is 0 Å². The minimum atomic E-state index is -1.29. The number of ether oxygens (including phenoxy) is 1. The van der Waals surface area contributed by atoms with Crippen LogP contribution in [0.1, 0.15) is 19.8 Å². The number of thioether (sulfide) groups is 1. The van der Waals surface area contributed by atoms with Gasteiger partial charge in [0.2, 0.25) is 0 Å². The number of hydrogen-bond donors (Lipinski definition) is 2. The molecule has 0 bridgehead atoms. The van der Waals surface area contributed by atoms with Crippen LogP contribution in [0.3, 0.4) is 0 Å². The summed E-state index contributed by atoms with van der Waals surface area (Å²) in [4.78, 5) is 32.1. The molecule has 1 unspecified atom stereocenters. The van der Waals surface area contributed by atoms with Crippen LogP contribution in [0.15, 0.2) is 12.2 Å². The Kier molecular flexibility index (Phi) is 8.73. The molecule has 0 fully saturated rings. The Morgan fingerprint density at radius 1 is 1.22 bits per heavy atom. The Balaban J connectivity index is 4.15. The van der Waals surface area contributed by atoms with Crippen LogP contribution in [0.2, 0.25) is 0 Å². The van der Waals surface area contributed by atoms with Crippen molar-refractivity contribution < 1.29 is 29.3 Å². The zero-order chi connectivity index (χ0) is 14.0. The van der Waals surface area contributed by atoms with Gasteiger partial charge in [-0.25, -0.2) is 14.4 Å². The SMILES string of the molecule is CCCSCCC(OC(=O)/C=C/C(=O)O)C(=O)O. The minimum Gasteiger partial charge on any atom is -0.479 e. The minimum absolute atomic E-state index is 0.201. The Morgan fingerprint density at radius 2 is 1.89 bits per heavy atom. The molecule has 0 aliphatic rings. The van der Waals surface area contributed by atoms with Gasteiger partial charge in [-0.3, -0.25) is 0 Å². The van der Waals surface area contributed by atoms with Crippen LogP contribution >= 0.6 is 11.8 Å². The normalized spacial score (nSPS) is 12.3. The average Bonchev–Trinajstić information content (AvgIpc) is 2.30. The van der Waals surface area contributed by atoms with E-state index in [0.717, 1.165) is 12.2 Å². The highest BCUT2D eigenvalue weighted by Crippen LogP contribution is 2.09. The molecular formula is C11H16O6S. The molecule has 0 heterocycles. The van der Waals surface area contributed by atoms with Gasteiger partial charge < -0.3 is 14.9 Å². The van der Waals surface area contributed by atoms with Gasteiger partial charge >= 0.3 is 17.9 Å². The molecule has 0 aromatic carbocycles. The van der Waals surface area contributed by atoms with Crippen molar-refractivity contribution in [3.05, 3.63) is 12.2 Å². The molecule has 6 nitrogen and oxygen atoms in total. The van der Waals surface area contributed by atoms with Crippen LogP contribution in [0, 0.1) is 0 Å². The van der Waals surface area contributed by atoms with Gasteiger partial charge in [0, 0.05) is 18.6 Å². The fourth-order valence-electron chi connectivity index (χ4n) is 0.988. The number of aliphatic carboxylic acids is 2. The molecule has 0 spiro atoms. The summed E-state index contributed by atoms with van der Waals surface area (Å²) in [6.07, 6.45) is 1.25. The lowest BCUT2D eigenvalue weighted by Crippen LogP contribution is -2.27. The molecule has 0 saturated heterocycles. The number of hydrogen-bond acceptors (Lipinski definition) is 5. The molecule has 0 aliphatic heterocycles. The van der Waals surface area contributed by atoms with Crippen LogP contribution in [0.4, 0.5) is 0 Å². The van der Waals surface area contributed by atoms with Crippen LogP contribution in [-0.2, 0) is 19.1 Å². The smallest absolute Gasteiger partial charge is 0.345 e. The maximum Gasteiger partial charge on any atom is 0.345 e. The molecule has 1 atom stereocenters. The maximum atomic E-state index is 11.1. The lowest BCUT2D eigenvalue weighted by atomic mass is 10.3. The van der Waals surface area contributed by atoms with E-state index in [4.69, 9.17) is 10.2 Å². The zero-order valence-electron chi connectivity index (χ0n) is 10.00. The summed E-state index contributed by atoms with van der Waals surface area (Å²) in [5.41, 5.74) is 0. The first-order valence-electron chi connectivity index (χ1n) is 5.39. The molecule has 18 heavy (non-hydrogen) atoms. The molecule has 7 heteroatoms. The molecule has 2 N–H and O–H groups in total. The Hall–Kier alpha value is -1.50. The zero-order valence-corrected chi connectivity index (χ0v) is 10.8. The van der Waals surface area contributed by atoms with Crippen molar-refractivity contribution >= 4 is 29.7 Å². The van der Waals surface area contributed by atoms with Gasteiger partial charge in [0.05, 0.1) is 0 Å². The number of rotatable bonds is 9. The van der Waals surface area contributed by atoms with E-state index in [1.807, 2.05) is 6.92 Å². The van der Waals surface area contributed by atoms with E-state index >= 15 is 0 Å². The van der Waals surface area contributed by atoms with Gasteiger partial charge in [-0.1, -0.05) is 6.92 Å². The monoisotopic (exact) mass is 276 g/mol. The fraction of sp³-hybridized carbons (Fsp3) is 0.545. The second kappa shape index (κ2) is 9.52. The van der Waals surface area contributed by atoms with Crippen LogP contribution in [0.25, 0.3) is 0 Å². The standard InChI is InChI=1S/C11H16O6S/c1-2-6-18-7-5-8(11(15)16)17-10(14)4-3-9(12)13/h3-4,8H,2,5-7H2,1H3,(H,12,13)(H,15,16)/b4-3+. The quantitative estimate of drug-likeness (QED) is 0.370. The average molecular weight is 276 g/mol. The van der Waals surface area contributed by atoms with Gasteiger partial charge in [-0.2, -0.15) is 11.8 Å². The van der Waals surface area contributed by atoms with Gasteiger partial charge in [0.15, 0.2) is 6.10 Å². The van der Waals surface area contributed by atoms with Crippen molar-refractivity contribution in [3.8, 4) is 0 Å². The Labute approximate surface area is 109 Å². The third-order valence-corrected chi connectivity index (χ3v) is 2.99. The lowest BCUT2D eigenvalue weighted by molar-refractivity contribution is -0.160. The lowest BCUT2D eigenvalue weighted by Gasteiger charge is -2.11. The van der Waals surface area contributed by atoms with Crippen LogP contribution in [-0.4, -0.2) is 45.7 Å². The number of esters is 1. The van der Waals surface area contributed by atoms with Gasteiger partial charge in [-0.05, 0) is 17.9 Å². The predicted molar refractivity (Wildman–Crippen MR) is 66.5 cm³/mol. The summed E-state index contributed by atoms with van der Waals surface area (Å²) in [6, 6.07) is 0. The van der Waals surface area contributed by atoms with E-state index in [9.17, 15) is 14.4 Å². The van der Waals surface area contributed by atoms with Crippen molar-refractivity contribution in [1.29, 1.82) is 0 Å². The van der Waals surface area contributed by atoms with Gasteiger partial charge in [0.25, 0.3) is 0 Å². The van der Waals surface area contributed by atoms with E-state index in [1.54, 1.807) is 11.8 Å². The molecule has 102 valence electrons. The molecular weight excluding hydrogens is 260 g/mol. The molecule has 0 rings (SSSR count). The summed E-state index contributed by atoms with van der Waals surface area (Å²) >= 11 is 1.58. The number of carboxylic acid groups (broad SMARTS) is 2. The number of carboxylic acids is 2.